The summed E-state index contributed by atoms with van der Waals surface area (Å²) in [6.45, 7) is 4.23. The summed E-state index contributed by atoms with van der Waals surface area (Å²) in [6, 6.07) is 9.79. The third kappa shape index (κ3) is 3.03. The van der Waals surface area contributed by atoms with Gasteiger partial charge in [0.25, 0.3) is 5.17 Å². The van der Waals surface area contributed by atoms with E-state index in [4.69, 9.17) is 31.2 Å². The zero-order chi connectivity index (χ0) is 15.0. The van der Waals surface area contributed by atoms with Gasteiger partial charge in [-0.1, -0.05) is 18.2 Å². The summed E-state index contributed by atoms with van der Waals surface area (Å²) >= 11 is 5.34. The number of benzene rings is 1. The van der Waals surface area contributed by atoms with Gasteiger partial charge in [0.15, 0.2) is 11.9 Å². The van der Waals surface area contributed by atoms with Gasteiger partial charge in [-0.2, -0.15) is 0 Å². The van der Waals surface area contributed by atoms with Crippen LogP contribution in [0.5, 0.6) is 0 Å². The number of thiocarbonyl (C=S) groups is 1. The van der Waals surface area contributed by atoms with Crippen LogP contribution < -0.4 is 4.90 Å². The first-order valence-electron chi connectivity index (χ1n) is 6.93. The van der Waals surface area contributed by atoms with Crippen LogP contribution in [-0.4, -0.2) is 43.1 Å². The van der Waals surface area contributed by atoms with E-state index in [1.165, 1.54) is 0 Å². The first kappa shape index (κ1) is 14.7. The van der Waals surface area contributed by atoms with Crippen molar-refractivity contribution in [2.75, 3.05) is 18.6 Å². The first-order valence-corrected chi connectivity index (χ1v) is 7.34. The highest BCUT2D eigenvalue weighted by Crippen LogP contribution is 2.35. The van der Waals surface area contributed by atoms with Crippen LogP contribution in [0, 0.1) is 0 Å². The summed E-state index contributed by atoms with van der Waals surface area (Å²) in [4.78, 5) is 1.80. The zero-order valence-electron chi connectivity index (χ0n) is 12.3. The Morgan fingerprint density at radius 3 is 2.71 bits per heavy atom. The molecule has 0 aliphatic carbocycles. The lowest BCUT2D eigenvalue weighted by Crippen LogP contribution is -2.37. The molecule has 2 aliphatic rings. The van der Waals surface area contributed by atoms with E-state index in [1.54, 1.807) is 4.90 Å². The number of para-hydroxylation sites is 1. The van der Waals surface area contributed by atoms with E-state index in [1.807, 2.05) is 51.2 Å². The highest BCUT2D eigenvalue weighted by Gasteiger charge is 2.51. The summed E-state index contributed by atoms with van der Waals surface area (Å²) in [5, 5.41) is 0.347. The molecule has 6 heteroatoms. The van der Waals surface area contributed by atoms with Gasteiger partial charge in [-0.15, -0.1) is 0 Å². The Morgan fingerprint density at radius 2 is 2.00 bits per heavy atom. The summed E-state index contributed by atoms with van der Waals surface area (Å²) < 4.78 is 22.9. The lowest BCUT2D eigenvalue weighted by Gasteiger charge is -2.25. The van der Waals surface area contributed by atoms with E-state index in [9.17, 15) is 0 Å². The predicted octanol–water partition coefficient (Wildman–Crippen LogP) is 2.30. The number of rotatable bonds is 2. The van der Waals surface area contributed by atoms with E-state index in [2.05, 4.69) is 0 Å². The molecule has 2 saturated heterocycles. The van der Waals surface area contributed by atoms with E-state index < -0.39 is 12.1 Å². The minimum Gasteiger partial charge on any atom is -0.438 e. The van der Waals surface area contributed by atoms with Gasteiger partial charge >= 0.3 is 0 Å². The Labute approximate surface area is 129 Å². The molecule has 21 heavy (non-hydrogen) atoms. The zero-order valence-corrected chi connectivity index (χ0v) is 13.1. The standard InChI is InChI=1S/C15H19NO4S/c1-15(2)19-11-9-17-13(12(11)20-15)18-14(21)16(3)10-7-5-4-6-8-10/h4-8,11-13H,9H2,1-3H3. The van der Waals surface area contributed by atoms with Crippen LogP contribution in [0.2, 0.25) is 0 Å². The highest BCUT2D eigenvalue weighted by atomic mass is 32.1. The molecule has 1 aromatic rings. The van der Waals surface area contributed by atoms with Crippen molar-refractivity contribution in [2.45, 2.75) is 38.1 Å². The van der Waals surface area contributed by atoms with Gasteiger partial charge in [-0.3, -0.25) is 0 Å². The normalized spacial score (nSPS) is 30.0. The van der Waals surface area contributed by atoms with Crippen molar-refractivity contribution in [3.05, 3.63) is 30.3 Å². The van der Waals surface area contributed by atoms with Crippen molar-refractivity contribution in [2.24, 2.45) is 0 Å². The average Bonchev–Trinajstić information content (AvgIpc) is 2.95. The van der Waals surface area contributed by atoms with Crippen molar-refractivity contribution < 1.29 is 18.9 Å². The summed E-state index contributed by atoms with van der Waals surface area (Å²) in [5.74, 6) is -0.603. The highest BCUT2D eigenvalue weighted by molar-refractivity contribution is 7.80. The van der Waals surface area contributed by atoms with E-state index in [0.29, 0.717) is 11.8 Å². The number of nitrogens with zero attached hydrogens (tertiary/aromatic N) is 1. The molecule has 2 heterocycles. The maximum Gasteiger partial charge on any atom is 0.266 e. The second-order valence-corrected chi connectivity index (χ2v) is 5.97. The van der Waals surface area contributed by atoms with Gasteiger partial charge in [0.05, 0.1) is 6.61 Å². The first-order chi connectivity index (χ1) is 9.96. The molecule has 0 bridgehead atoms. The maximum absolute atomic E-state index is 5.82. The van der Waals surface area contributed by atoms with Crippen LogP contribution in [0.3, 0.4) is 0 Å². The Hall–Kier alpha value is -1.21. The molecule has 0 spiro atoms. The molecule has 1 aromatic carbocycles. The number of ether oxygens (including phenoxy) is 4. The topological polar surface area (TPSA) is 40.2 Å². The smallest absolute Gasteiger partial charge is 0.266 e. The molecule has 0 amide bonds. The van der Waals surface area contributed by atoms with Crippen molar-refractivity contribution >= 4 is 23.1 Å². The van der Waals surface area contributed by atoms with Crippen molar-refractivity contribution in [1.29, 1.82) is 0 Å². The fourth-order valence-electron chi connectivity index (χ4n) is 2.54. The van der Waals surface area contributed by atoms with Crippen molar-refractivity contribution in [3.63, 3.8) is 0 Å². The van der Waals surface area contributed by atoms with Gasteiger partial charge < -0.3 is 23.8 Å². The minimum atomic E-state index is -0.603. The van der Waals surface area contributed by atoms with E-state index in [-0.39, 0.29) is 12.2 Å². The lowest BCUT2D eigenvalue weighted by molar-refractivity contribution is -0.201. The molecule has 3 atom stereocenters. The third-order valence-electron chi connectivity index (χ3n) is 3.55. The Morgan fingerprint density at radius 1 is 1.29 bits per heavy atom. The number of hydrogen-bond acceptors (Lipinski definition) is 5. The molecule has 2 fully saturated rings. The molecule has 2 aliphatic heterocycles. The Balaban J connectivity index is 1.63. The molecule has 0 aromatic heterocycles. The Kier molecular flexibility index (Phi) is 3.88. The minimum absolute atomic E-state index is 0.102. The van der Waals surface area contributed by atoms with Crippen LogP contribution in [0.4, 0.5) is 5.69 Å². The van der Waals surface area contributed by atoms with Gasteiger partial charge in [0.1, 0.15) is 6.10 Å². The van der Waals surface area contributed by atoms with Crippen molar-refractivity contribution in [1.82, 2.24) is 0 Å². The van der Waals surface area contributed by atoms with Gasteiger partial charge in [-0.25, -0.2) is 0 Å². The molecular formula is C15H19NO4S. The maximum atomic E-state index is 5.82. The summed E-state index contributed by atoms with van der Waals surface area (Å²) in [6.07, 6.45) is -0.882. The van der Waals surface area contributed by atoms with Crippen LogP contribution in [0.25, 0.3) is 0 Å². The van der Waals surface area contributed by atoms with E-state index in [0.717, 1.165) is 5.69 Å². The second kappa shape index (κ2) is 5.53. The molecule has 5 nitrogen and oxygen atoms in total. The fourth-order valence-corrected chi connectivity index (χ4v) is 2.74. The number of anilines is 1. The molecule has 3 unspecified atom stereocenters. The molecule has 3 rings (SSSR count). The number of hydrogen-bond donors (Lipinski definition) is 0. The van der Waals surface area contributed by atoms with Gasteiger partial charge in [-0.05, 0) is 38.2 Å². The molecule has 114 valence electrons. The van der Waals surface area contributed by atoms with Crippen LogP contribution >= 0.6 is 12.2 Å². The molecule has 0 N–H and O–H groups in total. The van der Waals surface area contributed by atoms with Crippen LogP contribution in [-0.2, 0) is 18.9 Å². The predicted molar refractivity (Wildman–Crippen MR) is 82.1 cm³/mol. The van der Waals surface area contributed by atoms with Crippen LogP contribution in [0.1, 0.15) is 13.8 Å². The van der Waals surface area contributed by atoms with Gasteiger partial charge in [0, 0.05) is 12.7 Å². The summed E-state index contributed by atoms with van der Waals surface area (Å²) in [7, 11) is 1.86. The number of fused-ring (bicyclic) bond motifs is 1. The summed E-state index contributed by atoms with van der Waals surface area (Å²) in [5.41, 5.74) is 0.959. The van der Waals surface area contributed by atoms with Crippen molar-refractivity contribution in [3.8, 4) is 0 Å². The largest absolute Gasteiger partial charge is 0.438 e. The fraction of sp³-hybridized carbons (Fsp3) is 0.533. The second-order valence-electron chi connectivity index (χ2n) is 5.62. The quantitative estimate of drug-likeness (QED) is 0.781. The SMILES string of the molecule is CN(C(=S)OC1OCC2OC(C)(C)OC21)c1ccccc1. The van der Waals surface area contributed by atoms with Crippen LogP contribution in [0.15, 0.2) is 30.3 Å². The molecule has 0 saturated carbocycles. The third-order valence-corrected chi connectivity index (χ3v) is 3.92. The Bertz CT molecular complexity index is 522. The van der Waals surface area contributed by atoms with Gasteiger partial charge in [0.2, 0.25) is 6.29 Å². The lowest BCUT2D eigenvalue weighted by atomic mass is 10.2. The average molecular weight is 309 g/mol. The monoisotopic (exact) mass is 309 g/mol. The van der Waals surface area contributed by atoms with E-state index >= 15 is 0 Å². The molecule has 0 radical (unpaired) electrons. The molecular weight excluding hydrogens is 290 g/mol.